The van der Waals surface area contributed by atoms with Gasteiger partial charge in [-0.1, -0.05) is 0 Å². The van der Waals surface area contributed by atoms with Crippen LogP contribution in [-0.4, -0.2) is 31.9 Å². The lowest BCUT2D eigenvalue weighted by atomic mass is 10.1. The Hall–Kier alpha value is -3.30. The number of hydrogen-bond acceptors (Lipinski definition) is 4. The normalized spacial score (nSPS) is 14.4. The first-order chi connectivity index (χ1) is 12.3. The van der Waals surface area contributed by atoms with Crippen LogP contribution in [-0.2, 0) is 12.7 Å². The van der Waals surface area contributed by atoms with Gasteiger partial charge in [0.1, 0.15) is 5.82 Å². The van der Waals surface area contributed by atoms with Crippen molar-refractivity contribution in [3.8, 4) is 0 Å². The average Bonchev–Trinajstić information content (AvgIpc) is 3.14. The minimum absolute atomic E-state index is 0.00344. The van der Waals surface area contributed by atoms with Crippen molar-refractivity contribution in [2.45, 2.75) is 12.7 Å². The number of pyridine rings is 1. The number of nitrogens with one attached hydrogen (secondary N) is 1. The third kappa shape index (κ3) is 2.33. The summed E-state index contributed by atoms with van der Waals surface area (Å²) in [6, 6.07) is 1.84. The van der Waals surface area contributed by atoms with Gasteiger partial charge in [0.25, 0.3) is 11.8 Å². The van der Waals surface area contributed by atoms with E-state index in [0.717, 1.165) is 0 Å². The molecule has 0 atom stereocenters. The number of halogens is 4. The molecule has 0 saturated heterocycles. The van der Waals surface area contributed by atoms with E-state index in [1.54, 1.807) is 0 Å². The molecule has 0 saturated carbocycles. The molecule has 1 aliphatic heterocycles. The molecule has 26 heavy (non-hydrogen) atoms. The Morgan fingerprint density at radius 2 is 1.88 bits per heavy atom. The first-order valence-electron chi connectivity index (χ1n) is 7.31. The molecule has 0 radical (unpaired) electrons. The second kappa shape index (κ2) is 5.35. The molecule has 1 N–H and O–H groups in total. The topological polar surface area (TPSA) is 79.0 Å². The predicted molar refractivity (Wildman–Crippen MR) is 79.5 cm³/mol. The molecule has 2 amide bonds. The Labute approximate surface area is 142 Å². The Balaban J connectivity index is 1.74. The van der Waals surface area contributed by atoms with Crippen molar-refractivity contribution in [3.05, 3.63) is 58.7 Å². The number of alkyl halides is 3. The molecule has 0 spiro atoms. The molecule has 6 nitrogen and oxygen atoms in total. The van der Waals surface area contributed by atoms with Gasteiger partial charge in [-0.2, -0.15) is 18.3 Å². The Kier molecular flexibility index (Phi) is 3.33. The summed E-state index contributed by atoms with van der Waals surface area (Å²) in [5.41, 5.74) is -1.15. The van der Waals surface area contributed by atoms with Crippen LogP contribution in [0.25, 0.3) is 11.0 Å². The van der Waals surface area contributed by atoms with Crippen molar-refractivity contribution in [2.75, 3.05) is 0 Å². The highest BCUT2D eigenvalue weighted by Crippen LogP contribution is 2.33. The van der Waals surface area contributed by atoms with E-state index in [2.05, 4.69) is 15.2 Å². The van der Waals surface area contributed by atoms with Gasteiger partial charge in [-0.05, 0) is 18.2 Å². The number of aromatic amines is 1. The zero-order chi connectivity index (χ0) is 18.6. The van der Waals surface area contributed by atoms with Gasteiger partial charge < -0.3 is 0 Å². The zero-order valence-corrected chi connectivity index (χ0v) is 12.8. The first-order valence-corrected chi connectivity index (χ1v) is 7.31. The molecular weight excluding hydrogens is 356 g/mol. The van der Waals surface area contributed by atoms with Gasteiger partial charge in [-0.15, -0.1) is 0 Å². The van der Waals surface area contributed by atoms with Gasteiger partial charge in [0.05, 0.1) is 34.8 Å². The third-order valence-electron chi connectivity index (χ3n) is 4.12. The van der Waals surface area contributed by atoms with Crippen LogP contribution in [0.3, 0.4) is 0 Å². The molecule has 3 heterocycles. The molecule has 0 bridgehead atoms. The maximum absolute atomic E-state index is 14.0. The molecule has 10 heteroatoms. The Morgan fingerprint density at radius 1 is 1.12 bits per heavy atom. The number of H-pyrrole nitrogens is 1. The van der Waals surface area contributed by atoms with Gasteiger partial charge >= 0.3 is 6.18 Å². The molecule has 3 aromatic rings. The summed E-state index contributed by atoms with van der Waals surface area (Å²) in [5.74, 6) is -2.44. The van der Waals surface area contributed by atoms with Crippen LogP contribution < -0.4 is 0 Å². The quantitative estimate of drug-likeness (QED) is 0.560. The number of amides is 2. The highest BCUT2D eigenvalue weighted by Gasteiger charge is 2.39. The number of imide groups is 1. The number of hydrogen-bond donors (Lipinski definition) is 1. The summed E-state index contributed by atoms with van der Waals surface area (Å²) >= 11 is 0. The number of carbonyl (C=O) groups is 2. The van der Waals surface area contributed by atoms with Crippen molar-refractivity contribution >= 4 is 22.8 Å². The maximum Gasteiger partial charge on any atom is 0.416 e. The second-order valence-electron chi connectivity index (χ2n) is 5.68. The van der Waals surface area contributed by atoms with Gasteiger partial charge in [0.2, 0.25) is 0 Å². The number of aromatic nitrogens is 3. The predicted octanol–water partition coefficient (Wildman–Crippen LogP) is 2.91. The van der Waals surface area contributed by atoms with Gasteiger partial charge in [0, 0.05) is 11.8 Å². The van der Waals surface area contributed by atoms with E-state index in [1.165, 1.54) is 12.4 Å². The molecular formula is C16H8F4N4O2. The fourth-order valence-electron chi connectivity index (χ4n) is 2.85. The fraction of sp³-hybridized carbons (Fsp3) is 0.125. The summed E-state index contributed by atoms with van der Waals surface area (Å²) in [6.07, 6.45) is -2.17. The lowest BCUT2D eigenvalue weighted by Crippen LogP contribution is -2.29. The summed E-state index contributed by atoms with van der Waals surface area (Å²) in [7, 11) is 0. The highest BCUT2D eigenvalue weighted by molar-refractivity contribution is 6.25. The molecule has 132 valence electrons. The van der Waals surface area contributed by atoms with E-state index in [4.69, 9.17) is 0 Å². The maximum atomic E-state index is 14.0. The van der Waals surface area contributed by atoms with E-state index < -0.39 is 41.5 Å². The number of nitrogens with zero attached hydrogens (tertiary/aromatic N) is 3. The fourth-order valence-corrected chi connectivity index (χ4v) is 2.85. The number of fused-ring (bicyclic) bond motifs is 3. The second-order valence-corrected chi connectivity index (χ2v) is 5.68. The molecule has 0 fully saturated rings. The van der Waals surface area contributed by atoms with Gasteiger partial charge in [0.15, 0.2) is 5.65 Å². The summed E-state index contributed by atoms with van der Waals surface area (Å²) in [5, 5.41) is 6.61. The summed E-state index contributed by atoms with van der Waals surface area (Å²) in [6.45, 7) is -0.624. The summed E-state index contributed by atoms with van der Waals surface area (Å²) in [4.78, 5) is 29.7. The molecule has 2 aromatic heterocycles. The van der Waals surface area contributed by atoms with Crippen LogP contribution in [0.5, 0.6) is 0 Å². The van der Waals surface area contributed by atoms with Crippen LogP contribution in [0.1, 0.15) is 31.8 Å². The largest absolute Gasteiger partial charge is 0.416 e. The molecule has 0 unspecified atom stereocenters. The molecule has 1 aliphatic rings. The smallest absolute Gasteiger partial charge is 0.270 e. The minimum atomic E-state index is -4.67. The SMILES string of the molecule is O=C1c2cnc3[nH]ncc3c2C(=O)N1Cc1cc(C(F)(F)F)ccc1F. The monoisotopic (exact) mass is 364 g/mol. The van der Waals surface area contributed by atoms with Crippen molar-refractivity contribution < 1.29 is 27.2 Å². The van der Waals surface area contributed by atoms with E-state index in [1.807, 2.05) is 0 Å². The molecule has 0 aliphatic carbocycles. The standard InChI is InChI=1S/C16H8F4N4O2/c17-11-2-1-8(16(18,19)20)3-7(11)6-24-14(25)10-4-21-13-9(5-22-23-13)12(10)15(24)26/h1-5H,6H2,(H,21,22,23). The van der Waals surface area contributed by atoms with Crippen molar-refractivity contribution in [3.63, 3.8) is 0 Å². The van der Waals surface area contributed by atoms with Crippen molar-refractivity contribution in [1.29, 1.82) is 0 Å². The summed E-state index contributed by atoms with van der Waals surface area (Å²) < 4.78 is 52.4. The zero-order valence-electron chi connectivity index (χ0n) is 12.8. The van der Waals surface area contributed by atoms with Gasteiger partial charge in [-0.25, -0.2) is 9.37 Å². The van der Waals surface area contributed by atoms with E-state index >= 15 is 0 Å². The Bertz CT molecular complexity index is 1070. The van der Waals surface area contributed by atoms with Crippen LogP contribution >= 0.6 is 0 Å². The van der Waals surface area contributed by atoms with Crippen LogP contribution in [0.15, 0.2) is 30.6 Å². The van der Waals surface area contributed by atoms with E-state index in [0.29, 0.717) is 28.5 Å². The third-order valence-corrected chi connectivity index (χ3v) is 4.12. The molecule has 4 rings (SSSR count). The average molecular weight is 364 g/mol. The number of benzene rings is 1. The highest BCUT2D eigenvalue weighted by atomic mass is 19.4. The van der Waals surface area contributed by atoms with Crippen molar-refractivity contribution in [2.24, 2.45) is 0 Å². The van der Waals surface area contributed by atoms with E-state index in [-0.39, 0.29) is 16.8 Å². The lowest BCUT2D eigenvalue weighted by Gasteiger charge is -2.16. The van der Waals surface area contributed by atoms with Crippen LogP contribution in [0.2, 0.25) is 0 Å². The number of carbonyl (C=O) groups excluding carboxylic acids is 2. The number of rotatable bonds is 2. The Morgan fingerprint density at radius 3 is 2.62 bits per heavy atom. The minimum Gasteiger partial charge on any atom is -0.270 e. The molecule has 1 aromatic carbocycles. The lowest BCUT2D eigenvalue weighted by molar-refractivity contribution is -0.137. The van der Waals surface area contributed by atoms with Crippen LogP contribution in [0.4, 0.5) is 17.6 Å². The van der Waals surface area contributed by atoms with E-state index in [9.17, 15) is 27.2 Å². The first kappa shape index (κ1) is 16.2. The van der Waals surface area contributed by atoms with Gasteiger partial charge in [-0.3, -0.25) is 19.6 Å². The van der Waals surface area contributed by atoms with Crippen molar-refractivity contribution in [1.82, 2.24) is 20.1 Å². The van der Waals surface area contributed by atoms with Crippen LogP contribution in [0, 0.1) is 5.82 Å².